The fourth-order valence-electron chi connectivity index (χ4n) is 3.79. The van der Waals surface area contributed by atoms with E-state index in [4.69, 9.17) is 0 Å². The zero-order valence-electron chi connectivity index (χ0n) is 16.6. The predicted molar refractivity (Wildman–Crippen MR) is 120 cm³/mol. The summed E-state index contributed by atoms with van der Waals surface area (Å²) in [5, 5.41) is 0. The second-order valence-corrected chi connectivity index (χ2v) is 9.23. The second-order valence-electron chi connectivity index (χ2n) is 7.48. The Morgan fingerprint density at radius 2 is 1.66 bits per heavy atom. The number of fused-ring (bicyclic) bond motifs is 2. The van der Waals surface area contributed by atoms with Crippen molar-refractivity contribution in [2.24, 2.45) is 0 Å². The molecule has 0 saturated heterocycles. The molecule has 1 aliphatic carbocycles. The van der Waals surface area contributed by atoms with Crippen molar-refractivity contribution in [2.45, 2.75) is 19.8 Å². The summed E-state index contributed by atoms with van der Waals surface area (Å²) in [6, 6.07) is 22.4. The lowest BCUT2D eigenvalue weighted by Crippen LogP contribution is -2.09. The second kappa shape index (κ2) is 7.75. The third kappa shape index (κ3) is 4.51. The van der Waals surface area contributed by atoms with Gasteiger partial charge < -0.3 is 0 Å². The molecule has 0 radical (unpaired) electrons. The Kier molecular flexibility index (Phi) is 5.14. The molecule has 0 spiro atoms. The highest BCUT2D eigenvalue weighted by Gasteiger charge is 2.17. The molecule has 3 aromatic rings. The monoisotopic (exact) mass is 401 g/mol. The minimum atomic E-state index is -3.31. The van der Waals surface area contributed by atoms with Gasteiger partial charge in [-0.3, -0.25) is 4.72 Å². The molecule has 0 saturated carbocycles. The van der Waals surface area contributed by atoms with E-state index >= 15 is 0 Å². The third-order valence-electron chi connectivity index (χ3n) is 5.05. The van der Waals surface area contributed by atoms with Gasteiger partial charge in [-0.25, -0.2) is 8.42 Å². The number of hydrogen-bond acceptors (Lipinski definition) is 2. The maximum absolute atomic E-state index is 11.5. The molecule has 0 unspecified atom stereocenters. The van der Waals surface area contributed by atoms with Gasteiger partial charge in [0.15, 0.2) is 0 Å². The lowest BCUT2D eigenvalue weighted by atomic mass is 9.93. The lowest BCUT2D eigenvalue weighted by molar-refractivity contribution is 0.607. The van der Waals surface area contributed by atoms with E-state index in [9.17, 15) is 8.42 Å². The summed E-state index contributed by atoms with van der Waals surface area (Å²) in [6.07, 6.45) is 5.09. The van der Waals surface area contributed by atoms with E-state index in [1.165, 1.54) is 27.8 Å². The van der Waals surface area contributed by atoms with Gasteiger partial charge in [-0.15, -0.1) is 5.73 Å². The van der Waals surface area contributed by atoms with Crippen molar-refractivity contribution in [1.29, 1.82) is 0 Å². The number of benzene rings is 3. The van der Waals surface area contributed by atoms with Crippen LogP contribution in [-0.4, -0.2) is 14.7 Å². The van der Waals surface area contributed by atoms with Gasteiger partial charge in [0.1, 0.15) is 0 Å². The molecule has 0 bridgehead atoms. The lowest BCUT2D eigenvalue weighted by Gasteiger charge is -2.10. The normalized spacial score (nSPS) is 13.0. The summed E-state index contributed by atoms with van der Waals surface area (Å²) in [5.74, 6) is 0. The van der Waals surface area contributed by atoms with Gasteiger partial charge in [-0.05, 0) is 65.8 Å². The molecule has 3 nitrogen and oxygen atoms in total. The van der Waals surface area contributed by atoms with Crippen molar-refractivity contribution >= 4 is 27.4 Å². The highest BCUT2D eigenvalue weighted by Crippen LogP contribution is 2.33. The number of aryl methyl sites for hydroxylation is 3. The fraction of sp³-hybridized carbons (Fsp3) is 0.160. The summed E-state index contributed by atoms with van der Waals surface area (Å²) in [5.41, 5.74) is 12.4. The molecule has 0 atom stereocenters. The number of nitrogens with one attached hydrogen (secondary N) is 1. The van der Waals surface area contributed by atoms with Gasteiger partial charge in [-0.2, -0.15) is 0 Å². The molecule has 29 heavy (non-hydrogen) atoms. The van der Waals surface area contributed by atoms with Crippen molar-refractivity contribution in [2.75, 3.05) is 11.0 Å². The number of rotatable bonds is 3. The van der Waals surface area contributed by atoms with Gasteiger partial charge in [0.25, 0.3) is 0 Å². The molecule has 4 heteroatoms. The minimum absolute atomic E-state index is 0.547. The molecule has 3 aromatic carbocycles. The van der Waals surface area contributed by atoms with E-state index in [0.717, 1.165) is 30.2 Å². The zero-order valence-corrected chi connectivity index (χ0v) is 17.4. The molecule has 146 valence electrons. The molecular weight excluding hydrogens is 378 g/mol. The highest BCUT2D eigenvalue weighted by molar-refractivity contribution is 7.92. The molecular formula is C25H23NO2S. The van der Waals surface area contributed by atoms with Crippen LogP contribution < -0.4 is 4.72 Å². The summed E-state index contributed by atoms with van der Waals surface area (Å²) in [6.45, 7) is 2.12. The van der Waals surface area contributed by atoms with Crippen molar-refractivity contribution in [3.63, 3.8) is 0 Å². The van der Waals surface area contributed by atoms with Gasteiger partial charge in [0.2, 0.25) is 10.0 Å². The van der Waals surface area contributed by atoms with Crippen molar-refractivity contribution in [3.8, 4) is 0 Å². The Bertz CT molecular complexity index is 1250. The molecule has 0 aliphatic heterocycles. The summed E-state index contributed by atoms with van der Waals surface area (Å²) in [7, 11) is -3.31. The molecule has 1 N–H and O–H groups in total. The average Bonchev–Trinajstić information content (AvgIpc) is 2.82. The van der Waals surface area contributed by atoms with Gasteiger partial charge in [-0.1, -0.05) is 60.2 Å². The quantitative estimate of drug-likeness (QED) is 0.613. The average molecular weight is 402 g/mol. The molecule has 1 aliphatic rings. The van der Waals surface area contributed by atoms with Crippen LogP contribution in [-0.2, 0) is 22.9 Å². The van der Waals surface area contributed by atoms with E-state index in [0.29, 0.717) is 5.69 Å². The Balaban J connectivity index is 1.85. The van der Waals surface area contributed by atoms with Gasteiger partial charge >= 0.3 is 0 Å². The SMILES string of the molecule is Cc1ccc2c(c1)CCc1ccccc1C2=C=Cc1cccc(NS(C)(=O)=O)c1. The first kappa shape index (κ1) is 19.3. The molecule has 0 amide bonds. The summed E-state index contributed by atoms with van der Waals surface area (Å²) < 4.78 is 25.6. The van der Waals surface area contributed by atoms with Crippen molar-refractivity contribution in [3.05, 3.63) is 106 Å². The van der Waals surface area contributed by atoms with Crippen LogP contribution >= 0.6 is 0 Å². The molecule has 4 rings (SSSR count). The van der Waals surface area contributed by atoms with E-state index in [1.807, 2.05) is 24.3 Å². The Morgan fingerprint density at radius 1 is 0.897 bits per heavy atom. The fourth-order valence-corrected chi connectivity index (χ4v) is 4.34. The first-order valence-corrected chi connectivity index (χ1v) is 11.5. The third-order valence-corrected chi connectivity index (χ3v) is 5.66. The smallest absolute Gasteiger partial charge is 0.229 e. The van der Waals surface area contributed by atoms with Crippen molar-refractivity contribution < 1.29 is 8.42 Å². The van der Waals surface area contributed by atoms with Crippen LogP contribution in [0.4, 0.5) is 5.69 Å². The van der Waals surface area contributed by atoms with Gasteiger partial charge in [0.05, 0.1) is 6.26 Å². The van der Waals surface area contributed by atoms with Crippen LogP contribution in [0.25, 0.3) is 11.6 Å². The van der Waals surface area contributed by atoms with Crippen molar-refractivity contribution in [1.82, 2.24) is 0 Å². The zero-order chi connectivity index (χ0) is 20.4. The van der Waals surface area contributed by atoms with Crippen LogP contribution in [0.3, 0.4) is 0 Å². The standard InChI is InChI=1S/C25H23NO2S/c1-18-10-14-24-21(16-18)13-12-20-7-3-4-9-23(20)25(24)15-11-19-6-5-8-22(17-19)26-29(2,27)28/h3-11,14,16-17,26H,12-13H2,1-2H3. The van der Waals surface area contributed by atoms with E-state index in [2.05, 4.69) is 59.8 Å². The Hall–Kier alpha value is -3.07. The first-order chi connectivity index (χ1) is 13.9. The van der Waals surface area contributed by atoms with Gasteiger partial charge in [0, 0.05) is 11.3 Å². The number of sulfonamides is 1. The Morgan fingerprint density at radius 3 is 2.48 bits per heavy atom. The molecule has 0 fully saturated rings. The maximum Gasteiger partial charge on any atom is 0.229 e. The van der Waals surface area contributed by atoms with E-state index in [-0.39, 0.29) is 0 Å². The van der Waals surface area contributed by atoms with E-state index < -0.39 is 10.0 Å². The first-order valence-electron chi connectivity index (χ1n) is 9.62. The van der Waals surface area contributed by atoms with E-state index in [1.54, 1.807) is 6.07 Å². The Labute approximate surface area is 172 Å². The van der Waals surface area contributed by atoms with Crippen LogP contribution in [0, 0.1) is 6.92 Å². The molecule has 0 heterocycles. The summed E-state index contributed by atoms with van der Waals surface area (Å²) in [4.78, 5) is 0. The number of anilines is 1. The topological polar surface area (TPSA) is 46.2 Å². The van der Waals surface area contributed by atoms with Crippen LogP contribution in [0.5, 0.6) is 0 Å². The van der Waals surface area contributed by atoms with Crippen LogP contribution in [0.15, 0.2) is 72.5 Å². The molecule has 0 aromatic heterocycles. The number of hydrogen-bond donors (Lipinski definition) is 1. The van der Waals surface area contributed by atoms with Crippen LogP contribution in [0.2, 0.25) is 0 Å². The maximum atomic E-state index is 11.5. The summed E-state index contributed by atoms with van der Waals surface area (Å²) >= 11 is 0. The highest BCUT2D eigenvalue weighted by atomic mass is 32.2. The minimum Gasteiger partial charge on any atom is -0.284 e. The largest absolute Gasteiger partial charge is 0.284 e. The van der Waals surface area contributed by atoms with Crippen LogP contribution in [0.1, 0.15) is 33.4 Å². The predicted octanol–water partition coefficient (Wildman–Crippen LogP) is 5.21.